The van der Waals surface area contributed by atoms with Crippen molar-refractivity contribution in [3.63, 3.8) is 0 Å². The van der Waals surface area contributed by atoms with E-state index in [9.17, 15) is 0 Å². The third-order valence-electron chi connectivity index (χ3n) is 4.40. The van der Waals surface area contributed by atoms with E-state index in [1.807, 2.05) is 84.9 Å². The Morgan fingerprint density at radius 1 is 0.594 bits per heavy atom. The first kappa shape index (κ1) is 21.4. The fraction of sp³-hybridized carbons (Fsp3) is 0. The van der Waals surface area contributed by atoms with Gasteiger partial charge in [-0.2, -0.15) is 10.5 Å². The number of hydrogen-bond donors (Lipinski definition) is 0. The summed E-state index contributed by atoms with van der Waals surface area (Å²) in [5, 5.41) is 19.1. The highest BCUT2D eigenvalue weighted by Gasteiger charge is 2.12. The van der Waals surface area contributed by atoms with Gasteiger partial charge in [-0.1, -0.05) is 59.9 Å². The molecule has 0 unspecified atom stereocenters. The maximum atomic E-state index is 8.69. The molecule has 6 heteroatoms. The van der Waals surface area contributed by atoms with E-state index in [0.717, 1.165) is 42.0 Å². The van der Waals surface area contributed by atoms with E-state index in [1.165, 1.54) is 12.2 Å². The monoisotopic (exact) mass is 448 g/mol. The molecule has 0 aliphatic heterocycles. The minimum absolute atomic E-state index is 0.836. The maximum absolute atomic E-state index is 8.69. The predicted molar refractivity (Wildman–Crippen MR) is 130 cm³/mol. The lowest BCUT2D eigenvalue weighted by Crippen LogP contribution is -1.92. The van der Waals surface area contributed by atoms with Crippen LogP contribution in [0.25, 0.3) is 23.2 Å². The Hall–Kier alpha value is -3.84. The fourth-order valence-corrected chi connectivity index (χ4v) is 4.68. The topological polar surface area (TPSA) is 73.4 Å². The molecule has 0 bridgehead atoms. The summed E-state index contributed by atoms with van der Waals surface area (Å²) in [6.07, 6.45) is 6.49. The third-order valence-corrected chi connectivity index (χ3v) is 6.50. The van der Waals surface area contributed by atoms with Crippen molar-refractivity contribution < 1.29 is 0 Å². The van der Waals surface area contributed by atoms with Crippen LogP contribution in [0.3, 0.4) is 0 Å². The van der Waals surface area contributed by atoms with Gasteiger partial charge in [0.15, 0.2) is 0 Å². The number of nitriles is 2. The molecule has 152 valence electrons. The molecule has 0 N–H and O–H groups in total. The number of benzene rings is 3. The van der Waals surface area contributed by atoms with Gasteiger partial charge in [0.2, 0.25) is 0 Å². The lowest BCUT2D eigenvalue weighted by molar-refractivity contribution is 0.968. The molecule has 0 aliphatic carbocycles. The van der Waals surface area contributed by atoms with Crippen molar-refractivity contribution >= 4 is 46.7 Å². The number of fused-ring (bicyclic) bond motifs is 1. The van der Waals surface area contributed by atoms with E-state index in [1.54, 1.807) is 35.7 Å². The van der Waals surface area contributed by atoms with Gasteiger partial charge in [-0.15, -0.1) is 0 Å². The lowest BCUT2D eigenvalue weighted by atomic mass is 10.2. The van der Waals surface area contributed by atoms with Gasteiger partial charge in [0.1, 0.15) is 10.1 Å². The first-order valence-electron chi connectivity index (χ1n) is 9.70. The van der Waals surface area contributed by atoms with Crippen molar-refractivity contribution in [2.75, 3.05) is 0 Å². The summed E-state index contributed by atoms with van der Waals surface area (Å²) >= 11 is 3.13. The molecular weight excluding hydrogens is 432 g/mol. The summed E-state index contributed by atoms with van der Waals surface area (Å²) in [4.78, 5) is 11.8. The zero-order chi connectivity index (χ0) is 22.2. The Morgan fingerprint density at radius 2 is 1.00 bits per heavy atom. The molecule has 32 heavy (non-hydrogen) atoms. The van der Waals surface area contributed by atoms with Crippen molar-refractivity contribution in [1.82, 2.24) is 9.97 Å². The average Bonchev–Trinajstić information content (AvgIpc) is 2.83. The second-order valence-electron chi connectivity index (χ2n) is 6.59. The molecular formula is C26H16N4S2. The summed E-state index contributed by atoms with van der Waals surface area (Å²) in [7, 11) is 0. The van der Waals surface area contributed by atoms with Gasteiger partial charge in [-0.3, -0.25) is 0 Å². The summed E-state index contributed by atoms with van der Waals surface area (Å²) in [5.74, 6) is 0. The molecule has 0 saturated carbocycles. The van der Waals surface area contributed by atoms with Crippen LogP contribution in [0.5, 0.6) is 0 Å². The van der Waals surface area contributed by atoms with Gasteiger partial charge in [-0.05, 0) is 59.7 Å². The van der Waals surface area contributed by atoms with E-state index in [2.05, 4.69) is 0 Å². The minimum atomic E-state index is 0.836. The van der Waals surface area contributed by atoms with E-state index in [4.69, 9.17) is 20.5 Å². The Labute approximate surface area is 195 Å². The normalized spacial score (nSPS) is 11.1. The van der Waals surface area contributed by atoms with Crippen LogP contribution in [-0.2, 0) is 0 Å². The number of rotatable bonds is 6. The van der Waals surface area contributed by atoms with E-state index < -0.39 is 0 Å². The Morgan fingerprint density at radius 3 is 1.38 bits per heavy atom. The average molecular weight is 449 g/mol. The second kappa shape index (κ2) is 10.5. The molecule has 0 amide bonds. The van der Waals surface area contributed by atoms with Crippen LogP contribution in [-0.4, -0.2) is 9.97 Å². The highest BCUT2D eigenvalue weighted by molar-refractivity contribution is 8.02. The molecule has 0 fully saturated rings. The standard InChI is InChI=1S/C26H16N4S2/c27-17-3-5-19-9-13-21(14-10-19)31-25-26(30-24-8-2-1-7-23(24)29-25)32-22-15-11-20(12-16-22)6-4-18-28/h1-16H/b5-3+,6-4+. The molecule has 4 nitrogen and oxygen atoms in total. The van der Waals surface area contributed by atoms with Crippen LogP contribution >= 0.6 is 23.5 Å². The number of aromatic nitrogens is 2. The van der Waals surface area contributed by atoms with Gasteiger partial charge < -0.3 is 0 Å². The SMILES string of the molecule is N#C/C=C/c1ccc(Sc2nc3ccccc3nc2Sc2ccc(/C=C/C#N)cc2)cc1. The van der Waals surface area contributed by atoms with E-state index in [0.29, 0.717) is 0 Å². The number of para-hydroxylation sites is 2. The molecule has 4 rings (SSSR count). The van der Waals surface area contributed by atoms with Gasteiger partial charge in [0.25, 0.3) is 0 Å². The minimum Gasteiger partial charge on any atom is -0.237 e. The zero-order valence-electron chi connectivity index (χ0n) is 16.8. The number of nitrogens with zero attached hydrogens (tertiary/aromatic N) is 4. The third kappa shape index (κ3) is 5.44. The quantitative estimate of drug-likeness (QED) is 0.296. The summed E-state index contributed by atoms with van der Waals surface area (Å²) in [5.41, 5.74) is 3.65. The first-order valence-corrected chi connectivity index (χ1v) is 11.3. The van der Waals surface area contributed by atoms with Crippen LogP contribution < -0.4 is 0 Å². The molecule has 3 aromatic carbocycles. The Kier molecular flexibility index (Phi) is 6.99. The molecule has 0 aliphatic rings. The molecule has 4 aromatic rings. The van der Waals surface area contributed by atoms with Crippen LogP contribution in [0, 0.1) is 22.7 Å². The fourth-order valence-electron chi connectivity index (χ4n) is 2.88. The van der Waals surface area contributed by atoms with Gasteiger partial charge in [0, 0.05) is 21.9 Å². The second-order valence-corrected chi connectivity index (χ2v) is 8.71. The number of hydrogen-bond acceptors (Lipinski definition) is 6. The summed E-state index contributed by atoms with van der Waals surface area (Å²) in [6.45, 7) is 0. The molecule has 0 saturated heterocycles. The maximum Gasteiger partial charge on any atom is 0.134 e. The largest absolute Gasteiger partial charge is 0.237 e. The van der Waals surface area contributed by atoms with Crippen LogP contribution in [0.4, 0.5) is 0 Å². The highest BCUT2D eigenvalue weighted by atomic mass is 32.2. The Balaban J connectivity index is 1.64. The first-order chi connectivity index (χ1) is 15.7. The van der Waals surface area contributed by atoms with Crippen molar-refractivity contribution in [3.8, 4) is 12.1 Å². The smallest absolute Gasteiger partial charge is 0.134 e. The molecule has 0 spiro atoms. The van der Waals surface area contributed by atoms with E-state index >= 15 is 0 Å². The predicted octanol–water partition coefficient (Wildman–Crippen LogP) is 7.01. The molecule has 0 radical (unpaired) electrons. The summed E-state index contributed by atoms with van der Waals surface area (Å²) in [6, 6.07) is 27.8. The van der Waals surface area contributed by atoms with Gasteiger partial charge in [-0.25, -0.2) is 9.97 Å². The molecule has 0 atom stereocenters. The van der Waals surface area contributed by atoms with Crippen LogP contribution in [0.15, 0.2) is 105 Å². The van der Waals surface area contributed by atoms with Crippen LogP contribution in [0.2, 0.25) is 0 Å². The lowest BCUT2D eigenvalue weighted by Gasteiger charge is -2.10. The van der Waals surface area contributed by atoms with Crippen molar-refractivity contribution in [2.24, 2.45) is 0 Å². The van der Waals surface area contributed by atoms with E-state index in [-0.39, 0.29) is 0 Å². The Bertz CT molecular complexity index is 1270. The van der Waals surface area contributed by atoms with Crippen molar-refractivity contribution in [1.29, 1.82) is 10.5 Å². The van der Waals surface area contributed by atoms with Crippen molar-refractivity contribution in [2.45, 2.75) is 19.8 Å². The number of allylic oxidation sites excluding steroid dienone is 2. The zero-order valence-corrected chi connectivity index (χ0v) is 18.5. The highest BCUT2D eigenvalue weighted by Crippen LogP contribution is 2.37. The molecule has 1 aromatic heterocycles. The summed E-state index contributed by atoms with van der Waals surface area (Å²) < 4.78 is 0. The van der Waals surface area contributed by atoms with Crippen LogP contribution in [0.1, 0.15) is 11.1 Å². The van der Waals surface area contributed by atoms with Crippen molar-refractivity contribution in [3.05, 3.63) is 96.1 Å². The molecule has 1 heterocycles. The van der Waals surface area contributed by atoms with Gasteiger partial charge in [0.05, 0.1) is 23.2 Å². The van der Waals surface area contributed by atoms with Gasteiger partial charge >= 0.3 is 0 Å².